The molecule has 2 aromatic carbocycles. The molecule has 2 unspecified atom stereocenters. The van der Waals surface area contributed by atoms with Crippen molar-refractivity contribution in [3.8, 4) is 33.9 Å². The summed E-state index contributed by atoms with van der Waals surface area (Å²) in [6.45, 7) is 12.8. The summed E-state index contributed by atoms with van der Waals surface area (Å²) >= 11 is 0. The molecule has 56 heavy (non-hydrogen) atoms. The van der Waals surface area contributed by atoms with Crippen LogP contribution in [0.2, 0.25) is 0 Å². The lowest BCUT2D eigenvalue weighted by Gasteiger charge is -2.30. The molecule has 0 bridgehead atoms. The van der Waals surface area contributed by atoms with Gasteiger partial charge in [0, 0.05) is 27.1 Å². The number of likely N-dealkylation sites (tertiary alicyclic amines) is 2. The van der Waals surface area contributed by atoms with Gasteiger partial charge < -0.3 is 39.9 Å². The van der Waals surface area contributed by atoms with Crippen LogP contribution in [0.25, 0.3) is 33.9 Å². The minimum atomic E-state index is -0.680. The van der Waals surface area contributed by atoms with Crippen molar-refractivity contribution in [2.45, 2.75) is 91.4 Å². The van der Waals surface area contributed by atoms with Crippen molar-refractivity contribution in [3.63, 3.8) is 0 Å². The van der Waals surface area contributed by atoms with E-state index in [4.69, 9.17) is 9.47 Å². The third-order valence-corrected chi connectivity index (χ3v) is 10.4. The van der Waals surface area contributed by atoms with Crippen LogP contribution in [0.3, 0.4) is 0 Å². The minimum absolute atomic E-state index is 0. The summed E-state index contributed by atoms with van der Waals surface area (Å²) in [6, 6.07) is 14.6. The Morgan fingerprint density at radius 1 is 0.643 bits per heavy atom. The minimum Gasteiger partial charge on any atom is -0.453 e. The Kier molecular flexibility index (Phi) is 13.9. The second kappa shape index (κ2) is 18.8. The Hall–Kier alpha value is -5.66. The molecule has 2 aliphatic heterocycles. The van der Waals surface area contributed by atoms with Crippen molar-refractivity contribution in [3.05, 3.63) is 72.3 Å². The van der Waals surface area contributed by atoms with E-state index in [1.54, 1.807) is 12.4 Å². The number of aromatic amines is 2. The van der Waals surface area contributed by atoms with Crippen molar-refractivity contribution in [2.24, 2.45) is 11.8 Å². The lowest BCUT2D eigenvalue weighted by molar-refractivity contribution is -0.136. The molecule has 4 amide bonds. The molecular weight excluding hydrogens is 713 g/mol. The molecule has 6 rings (SSSR count). The monoisotopic (exact) mass is 772 g/mol. The molecule has 2 aromatic heterocycles. The van der Waals surface area contributed by atoms with Crippen molar-refractivity contribution in [1.29, 1.82) is 0 Å². The molecule has 14 heteroatoms. The Morgan fingerprint density at radius 3 is 1.30 bits per heavy atom. The average Bonchev–Trinajstić information content (AvgIpc) is 4.06. The maximum Gasteiger partial charge on any atom is 0.407 e. The smallest absolute Gasteiger partial charge is 0.407 e. The number of imidazole rings is 2. The predicted molar refractivity (Wildman–Crippen MR) is 218 cm³/mol. The number of rotatable bonds is 11. The molecule has 0 aliphatic carbocycles. The van der Waals surface area contributed by atoms with E-state index in [2.05, 4.69) is 54.8 Å². The fourth-order valence-corrected chi connectivity index (χ4v) is 7.41. The van der Waals surface area contributed by atoms with Gasteiger partial charge in [-0.1, -0.05) is 90.1 Å². The van der Waals surface area contributed by atoms with Gasteiger partial charge in [-0.3, -0.25) is 9.59 Å². The summed E-state index contributed by atoms with van der Waals surface area (Å²) < 4.78 is 9.50. The number of nitrogens with one attached hydrogen (secondary N) is 4. The summed E-state index contributed by atoms with van der Waals surface area (Å²) in [4.78, 5) is 70.7. The maximum absolute atomic E-state index is 13.5. The molecular formula is C42H60N8O6. The van der Waals surface area contributed by atoms with Gasteiger partial charge in [-0.25, -0.2) is 19.6 Å². The highest BCUT2D eigenvalue weighted by Gasteiger charge is 2.38. The van der Waals surface area contributed by atoms with Crippen molar-refractivity contribution in [2.75, 3.05) is 27.3 Å². The number of carbonyl (C=O) groups excluding carboxylic acids is 4. The van der Waals surface area contributed by atoms with Gasteiger partial charge in [0.05, 0.1) is 50.1 Å². The molecule has 4 heterocycles. The van der Waals surface area contributed by atoms with Crippen molar-refractivity contribution >= 4 is 24.0 Å². The summed E-state index contributed by atoms with van der Waals surface area (Å²) in [5.41, 5.74) is 5.66. The normalized spacial score (nSPS) is 17.6. The van der Waals surface area contributed by atoms with Gasteiger partial charge in [-0.15, -0.1) is 0 Å². The van der Waals surface area contributed by atoms with E-state index in [1.165, 1.54) is 14.2 Å². The SMILES string of the molecule is CC.COC(=O)N[C@H](C(=O)N1CCCC1c1cnc(-c2ccc(-c3ccc(-c4ncc(C5CCCN5C(=O)[C@@H](NC(=O)OC)C(C)C)[nH]4)cc3)cc2)[nH]1)C(C)C.[HH].[HH]. The van der Waals surface area contributed by atoms with Gasteiger partial charge in [-0.2, -0.15) is 0 Å². The fourth-order valence-electron chi connectivity index (χ4n) is 7.41. The number of ether oxygens (including phenoxy) is 2. The molecule has 4 aromatic rings. The number of hydrogen-bond acceptors (Lipinski definition) is 8. The summed E-state index contributed by atoms with van der Waals surface area (Å²) in [7, 11) is 2.58. The van der Waals surface area contributed by atoms with E-state index in [9.17, 15) is 19.2 Å². The van der Waals surface area contributed by atoms with E-state index in [0.29, 0.717) is 13.1 Å². The van der Waals surface area contributed by atoms with Gasteiger partial charge in [0.2, 0.25) is 11.8 Å². The second-order valence-corrected chi connectivity index (χ2v) is 14.6. The summed E-state index contributed by atoms with van der Waals surface area (Å²) in [6.07, 6.45) is 5.67. The molecule has 0 saturated carbocycles. The van der Waals surface area contributed by atoms with Crippen LogP contribution in [0.1, 0.15) is 93.6 Å². The number of carbonyl (C=O) groups is 4. The Morgan fingerprint density at radius 2 is 0.982 bits per heavy atom. The molecule has 2 fully saturated rings. The highest BCUT2D eigenvalue weighted by Crippen LogP contribution is 2.35. The van der Waals surface area contributed by atoms with Crippen LogP contribution in [-0.4, -0.2) is 93.1 Å². The van der Waals surface area contributed by atoms with E-state index >= 15 is 0 Å². The number of alkyl carbamates (subject to hydrolysis) is 2. The lowest BCUT2D eigenvalue weighted by Crippen LogP contribution is -2.51. The second-order valence-electron chi connectivity index (χ2n) is 14.6. The van der Waals surface area contributed by atoms with Gasteiger partial charge in [0.1, 0.15) is 23.7 Å². The number of benzene rings is 2. The Labute approximate surface area is 332 Å². The molecule has 0 spiro atoms. The first kappa shape index (κ1) is 41.5. The zero-order valence-corrected chi connectivity index (χ0v) is 33.7. The molecule has 0 radical (unpaired) electrons. The molecule has 2 saturated heterocycles. The maximum atomic E-state index is 13.5. The van der Waals surface area contributed by atoms with Gasteiger partial charge in [0.15, 0.2) is 0 Å². The van der Waals surface area contributed by atoms with Crippen LogP contribution in [0.4, 0.5) is 9.59 Å². The molecule has 4 N–H and O–H groups in total. The molecule has 4 atom stereocenters. The van der Waals surface area contributed by atoms with Crippen LogP contribution in [0.5, 0.6) is 0 Å². The zero-order valence-electron chi connectivity index (χ0n) is 33.7. The first-order valence-electron chi connectivity index (χ1n) is 19.6. The number of methoxy groups -OCH3 is 2. The standard InChI is InChI=1S/C40H50N8O6.C2H6.2H2/c1-23(2)33(45-39(51)53-5)37(49)47-19-7-9-31(47)29-21-41-35(43-29)27-15-11-25(12-16-27)26-13-17-28(18-14-26)36-42-22-30(44-36)32-10-8-20-48(32)38(50)34(24(3)4)46-40(52)54-6;1-2;;/h11-18,21-24,31-34H,7-10,19-20H2,1-6H3,(H,41,43)(H,42,44)(H,45,51)(H,46,52);1-2H3;2*1H/t31?,32?,33-,34-;;;/m0.../s1. The highest BCUT2D eigenvalue weighted by molar-refractivity contribution is 5.87. The van der Waals surface area contributed by atoms with Crippen LogP contribution in [0, 0.1) is 11.8 Å². The van der Waals surface area contributed by atoms with Crippen LogP contribution < -0.4 is 10.6 Å². The van der Waals surface area contributed by atoms with Gasteiger partial charge >= 0.3 is 12.2 Å². The number of hydrogen-bond donors (Lipinski definition) is 4. The zero-order chi connectivity index (χ0) is 40.5. The highest BCUT2D eigenvalue weighted by atomic mass is 16.5. The van der Waals surface area contributed by atoms with Crippen molar-refractivity contribution < 1.29 is 31.5 Å². The Balaban J connectivity index is 0.00000222. The van der Waals surface area contributed by atoms with Crippen LogP contribution in [-0.2, 0) is 19.1 Å². The first-order valence-corrected chi connectivity index (χ1v) is 19.6. The van der Waals surface area contributed by atoms with Crippen molar-refractivity contribution in [1.82, 2.24) is 40.4 Å². The van der Waals surface area contributed by atoms with E-state index in [0.717, 1.165) is 71.0 Å². The van der Waals surface area contributed by atoms with Gasteiger partial charge in [-0.05, 0) is 48.6 Å². The molecule has 304 valence electrons. The van der Waals surface area contributed by atoms with Crippen LogP contribution in [0.15, 0.2) is 60.9 Å². The first-order chi connectivity index (χ1) is 27.0. The van der Waals surface area contributed by atoms with Crippen LogP contribution >= 0.6 is 0 Å². The number of aromatic nitrogens is 4. The number of nitrogens with zero attached hydrogens (tertiary/aromatic N) is 4. The molecule has 2 aliphatic rings. The lowest BCUT2D eigenvalue weighted by atomic mass is 10.0. The Bertz CT molecular complexity index is 1810. The number of H-pyrrole nitrogens is 2. The fraction of sp³-hybridized carbons (Fsp3) is 0.476. The third-order valence-electron chi connectivity index (χ3n) is 10.4. The largest absolute Gasteiger partial charge is 0.453 e. The summed E-state index contributed by atoms with van der Waals surface area (Å²) in [5.74, 6) is 0.977. The third kappa shape index (κ3) is 9.23. The van der Waals surface area contributed by atoms with E-state index < -0.39 is 24.3 Å². The number of amides is 4. The van der Waals surface area contributed by atoms with E-state index in [-0.39, 0.29) is 38.6 Å². The van der Waals surface area contributed by atoms with Gasteiger partial charge in [0.25, 0.3) is 0 Å². The molecule has 14 nitrogen and oxygen atoms in total. The average molecular weight is 773 g/mol. The summed E-state index contributed by atoms with van der Waals surface area (Å²) in [5, 5.41) is 5.39. The topological polar surface area (TPSA) is 175 Å². The van der Waals surface area contributed by atoms with E-state index in [1.807, 2.05) is 75.6 Å². The quantitative estimate of drug-likeness (QED) is 0.120. The predicted octanol–water partition coefficient (Wildman–Crippen LogP) is 7.74.